The lowest BCUT2D eigenvalue weighted by Crippen LogP contribution is -2.22. The summed E-state index contributed by atoms with van der Waals surface area (Å²) in [6.07, 6.45) is -9.24. The molecule has 3 nitrogen and oxygen atoms in total. The SMILES string of the molecule is CC(F)(F)F.O=C1CC(C(F)(F)F)=NN1c1ccccc1. The van der Waals surface area contributed by atoms with Crippen LogP contribution in [0, 0.1) is 0 Å². The summed E-state index contributed by atoms with van der Waals surface area (Å²) < 4.78 is 68.0. The van der Waals surface area contributed by atoms with Crippen LogP contribution in [0.3, 0.4) is 0 Å². The number of alkyl halides is 6. The van der Waals surface area contributed by atoms with Gasteiger partial charge in [-0.2, -0.15) is 31.4 Å². The second-order valence-corrected chi connectivity index (χ2v) is 4.04. The molecule has 1 heterocycles. The largest absolute Gasteiger partial charge is 0.431 e. The van der Waals surface area contributed by atoms with E-state index in [2.05, 4.69) is 5.10 Å². The number of rotatable bonds is 1. The van der Waals surface area contributed by atoms with E-state index in [1.165, 1.54) is 12.1 Å². The number of halogens is 6. The van der Waals surface area contributed by atoms with Crippen molar-refractivity contribution in [3.63, 3.8) is 0 Å². The highest BCUT2D eigenvalue weighted by Crippen LogP contribution is 2.27. The molecule has 0 aromatic heterocycles. The molecule has 1 aromatic carbocycles. The molecule has 1 amide bonds. The maximum Gasteiger partial charge on any atom is 0.431 e. The van der Waals surface area contributed by atoms with E-state index in [1.807, 2.05) is 0 Å². The van der Waals surface area contributed by atoms with Crippen molar-refractivity contribution in [2.45, 2.75) is 25.7 Å². The zero-order valence-corrected chi connectivity index (χ0v) is 10.7. The molecule has 0 unspecified atom stereocenters. The first-order chi connectivity index (χ1) is 9.48. The van der Waals surface area contributed by atoms with Gasteiger partial charge < -0.3 is 0 Å². The topological polar surface area (TPSA) is 32.7 Å². The number of hydrazone groups is 1. The summed E-state index contributed by atoms with van der Waals surface area (Å²) in [5.74, 6) is -0.668. The average molecular weight is 312 g/mol. The Morgan fingerprint density at radius 1 is 1.05 bits per heavy atom. The number of carbonyl (C=O) groups is 1. The third-order valence-corrected chi connectivity index (χ3v) is 2.10. The molecule has 21 heavy (non-hydrogen) atoms. The molecule has 0 saturated heterocycles. The Bertz CT molecular complexity index is 515. The van der Waals surface area contributed by atoms with Crippen LogP contribution in [0.25, 0.3) is 0 Å². The van der Waals surface area contributed by atoms with E-state index in [0.717, 1.165) is 5.01 Å². The highest BCUT2D eigenvalue weighted by atomic mass is 19.4. The van der Waals surface area contributed by atoms with Gasteiger partial charge in [-0.25, -0.2) is 5.01 Å². The number of nitrogens with zero attached hydrogens (tertiary/aromatic N) is 2. The molecule has 116 valence electrons. The predicted octanol–water partition coefficient (Wildman–Crippen LogP) is 3.91. The lowest BCUT2D eigenvalue weighted by Gasteiger charge is -2.10. The van der Waals surface area contributed by atoms with Gasteiger partial charge >= 0.3 is 12.4 Å². The molecular formula is C12H10F6N2O. The smallest absolute Gasteiger partial charge is 0.272 e. The van der Waals surface area contributed by atoms with E-state index in [0.29, 0.717) is 5.69 Å². The van der Waals surface area contributed by atoms with Crippen LogP contribution in [0.1, 0.15) is 13.3 Å². The van der Waals surface area contributed by atoms with Crippen molar-refractivity contribution < 1.29 is 31.1 Å². The van der Waals surface area contributed by atoms with Gasteiger partial charge in [-0.1, -0.05) is 18.2 Å². The summed E-state index contributed by atoms with van der Waals surface area (Å²) in [7, 11) is 0. The number of amides is 1. The molecule has 0 saturated carbocycles. The molecule has 1 aromatic rings. The predicted molar refractivity (Wildman–Crippen MR) is 63.8 cm³/mol. The van der Waals surface area contributed by atoms with Gasteiger partial charge in [-0.3, -0.25) is 4.79 Å². The highest BCUT2D eigenvalue weighted by molar-refractivity contribution is 6.14. The first kappa shape index (κ1) is 17.0. The van der Waals surface area contributed by atoms with E-state index in [9.17, 15) is 31.1 Å². The first-order valence-corrected chi connectivity index (χ1v) is 5.58. The van der Waals surface area contributed by atoms with Crippen LogP contribution in [-0.2, 0) is 4.79 Å². The molecule has 0 aliphatic carbocycles. The minimum atomic E-state index is -4.54. The number of anilines is 1. The fourth-order valence-corrected chi connectivity index (χ4v) is 1.36. The van der Waals surface area contributed by atoms with Crippen molar-refractivity contribution in [1.29, 1.82) is 0 Å². The minimum Gasteiger partial charge on any atom is -0.272 e. The molecule has 1 aliphatic rings. The summed E-state index contributed by atoms with van der Waals surface area (Å²) in [5, 5.41) is 4.07. The van der Waals surface area contributed by atoms with Crippen molar-refractivity contribution in [2.24, 2.45) is 5.10 Å². The minimum absolute atomic E-state index is 0.188. The van der Waals surface area contributed by atoms with Crippen LogP contribution in [0.5, 0.6) is 0 Å². The lowest BCUT2D eigenvalue weighted by atomic mass is 10.2. The maximum absolute atomic E-state index is 12.3. The van der Waals surface area contributed by atoms with Crippen LogP contribution in [-0.4, -0.2) is 24.0 Å². The van der Waals surface area contributed by atoms with Gasteiger partial charge in [0.25, 0.3) is 5.91 Å². The zero-order chi connectivity index (χ0) is 16.3. The molecular weight excluding hydrogens is 302 g/mol. The van der Waals surface area contributed by atoms with E-state index in [1.54, 1.807) is 18.2 Å². The molecule has 0 bridgehead atoms. The van der Waals surface area contributed by atoms with E-state index >= 15 is 0 Å². The Morgan fingerprint density at radius 2 is 1.52 bits per heavy atom. The molecule has 1 aliphatic heterocycles. The van der Waals surface area contributed by atoms with Crippen molar-refractivity contribution in [3.05, 3.63) is 30.3 Å². The monoisotopic (exact) mass is 312 g/mol. The van der Waals surface area contributed by atoms with Gasteiger partial charge in [0.2, 0.25) is 0 Å². The normalized spacial score (nSPS) is 15.5. The molecule has 0 radical (unpaired) electrons. The van der Waals surface area contributed by atoms with Crippen LogP contribution in [0.2, 0.25) is 0 Å². The van der Waals surface area contributed by atoms with Crippen LogP contribution < -0.4 is 5.01 Å². The number of para-hydroxylation sites is 1. The van der Waals surface area contributed by atoms with E-state index in [-0.39, 0.29) is 6.92 Å². The Balaban J connectivity index is 0.000000383. The van der Waals surface area contributed by atoms with E-state index < -0.39 is 30.4 Å². The molecule has 0 spiro atoms. The van der Waals surface area contributed by atoms with Gasteiger partial charge in [-0.15, -0.1) is 0 Å². The van der Waals surface area contributed by atoms with Gasteiger partial charge in [0.1, 0.15) is 0 Å². The van der Waals surface area contributed by atoms with Gasteiger partial charge in [0, 0.05) is 6.92 Å². The van der Waals surface area contributed by atoms with Crippen LogP contribution in [0.4, 0.5) is 32.0 Å². The Labute approximate surface area is 115 Å². The average Bonchev–Trinajstić information content (AvgIpc) is 2.70. The quantitative estimate of drug-likeness (QED) is 0.724. The maximum atomic E-state index is 12.3. The van der Waals surface area contributed by atoms with Crippen LogP contribution in [0.15, 0.2) is 35.4 Å². The summed E-state index contributed by atoms with van der Waals surface area (Å²) in [5.41, 5.74) is -0.715. The molecule has 2 rings (SSSR count). The highest BCUT2D eigenvalue weighted by Gasteiger charge is 2.42. The third-order valence-electron chi connectivity index (χ3n) is 2.10. The summed E-state index contributed by atoms with van der Waals surface area (Å²) in [6, 6.07) is 8.02. The van der Waals surface area contributed by atoms with Crippen LogP contribution >= 0.6 is 0 Å². The number of hydrogen-bond acceptors (Lipinski definition) is 2. The van der Waals surface area contributed by atoms with Gasteiger partial charge in [0.05, 0.1) is 12.1 Å². The van der Waals surface area contributed by atoms with Crippen molar-refractivity contribution in [2.75, 3.05) is 5.01 Å². The second kappa shape index (κ2) is 6.15. The summed E-state index contributed by atoms with van der Waals surface area (Å²) >= 11 is 0. The fraction of sp³-hybridized carbons (Fsp3) is 0.333. The number of hydrogen-bond donors (Lipinski definition) is 0. The van der Waals surface area contributed by atoms with Crippen molar-refractivity contribution >= 4 is 17.3 Å². The third kappa shape index (κ3) is 5.84. The Kier molecular flexibility index (Phi) is 4.97. The lowest BCUT2D eigenvalue weighted by molar-refractivity contribution is -0.117. The molecule has 0 fully saturated rings. The van der Waals surface area contributed by atoms with Gasteiger partial charge in [-0.05, 0) is 12.1 Å². The molecule has 0 atom stereocenters. The standard InChI is InChI=1S/C10H7F3N2O.C2H3F3/c11-10(12,13)8-6-9(16)15(14-8)7-4-2-1-3-5-7;1-2(3,4)5/h1-5H,6H2;1H3. The Morgan fingerprint density at radius 3 is 1.90 bits per heavy atom. The summed E-state index contributed by atoms with van der Waals surface area (Å²) in [4.78, 5) is 11.3. The number of benzene rings is 1. The fourth-order valence-electron chi connectivity index (χ4n) is 1.36. The first-order valence-electron chi connectivity index (χ1n) is 5.58. The second-order valence-electron chi connectivity index (χ2n) is 4.04. The van der Waals surface area contributed by atoms with Gasteiger partial charge in [0.15, 0.2) is 5.71 Å². The zero-order valence-electron chi connectivity index (χ0n) is 10.7. The Hall–Kier alpha value is -2.06. The van der Waals surface area contributed by atoms with Crippen molar-refractivity contribution in [3.8, 4) is 0 Å². The van der Waals surface area contributed by atoms with Crippen molar-refractivity contribution in [1.82, 2.24) is 0 Å². The summed E-state index contributed by atoms with van der Waals surface area (Å²) in [6.45, 7) is 0.188. The number of carbonyl (C=O) groups excluding carboxylic acids is 1. The van der Waals surface area contributed by atoms with E-state index in [4.69, 9.17) is 0 Å². The molecule has 0 N–H and O–H groups in total. The molecule has 9 heteroatoms.